The predicted octanol–water partition coefficient (Wildman–Crippen LogP) is 3.28. The van der Waals surface area contributed by atoms with Crippen LogP contribution in [0.15, 0.2) is 47.6 Å². The van der Waals surface area contributed by atoms with Gasteiger partial charge in [0.15, 0.2) is 16.6 Å². The lowest BCUT2D eigenvalue weighted by Gasteiger charge is -2.13. The Kier molecular flexibility index (Phi) is 8.38. The summed E-state index contributed by atoms with van der Waals surface area (Å²) < 4.78 is 17.2. The first kappa shape index (κ1) is 20.5. The van der Waals surface area contributed by atoms with E-state index in [0.717, 1.165) is 16.9 Å². The maximum absolute atomic E-state index is 5.82. The highest BCUT2D eigenvalue weighted by atomic mass is 32.1. The molecule has 2 N–H and O–H groups in total. The number of rotatable bonds is 9. The van der Waals surface area contributed by atoms with Crippen molar-refractivity contribution in [1.82, 2.24) is 10.7 Å². The Morgan fingerprint density at radius 3 is 2.63 bits per heavy atom. The summed E-state index contributed by atoms with van der Waals surface area (Å²) in [5.41, 5.74) is 4.74. The van der Waals surface area contributed by atoms with Crippen molar-refractivity contribution < 1.29 is 14.2 Å². The second-order valence-corrected chi connectivity index (χ2v) is 6.01. The maximum Gasteiger partial charge on any atom is 0.186 e. The molecule has 2 aromatic rings. The van der Waals surface area contributed by atoms with Crippen LogP contribution in [0.3, 0.4) is 0 Å². The topological polar surface area (TPSA) is 64.1 Å². The molecule has 0 unspecified atom stereocenters. The predicted molar refractivity (Wildman–Crippen MR) is 112 cm³/mol. The normalized spacial score (nSPS) is 10.5. The fourth-order valence-electron chi connectivity index (χ4n) is 2.23. The Bertz CT molecular complexity index is 781. The summed E-state index contributed by atoms with van der Waals surface area (Å²) >= 11 is 4.97. The van der Waals surface area contributed by atoms with Crippen molar-refractivity contribution in [2.45, 2.75) is 13.8 Å². The molecule has 0 fully saturated rings. The quantitative estimate of drug-likeness (QED) is 0.298. The van der Waals surface area contributed by atoms with E-state index in [-0.39, 0.29) is 0 Å². The van der Waals surface area contributed by atoms with Crippen molar-refractivity contribution in [3.63, 3.8) is 0 Å². The SMILES string of the molecule is CCOc1cc(/C=N\NC(=S)NC)ccc1OCCOc1cccc(C)c1. The lowest BCUT2D eigenvalue weighted by molar-refractivity contribution is 0.208. The summed E-state index contributed by atoms with van der Waals surface area (Å²) in [7, 11) is 1.73. The van der Waals surface area contributed by atoms with Crippen molar-refractivity contribution >= 4 is 23.5 Å². The molecule has 0 radical (unpaired) electrons. The maximum atomic E-state index is 5.82. The van der Waals surface area contributed by atoms with Gasteiger partial charge in [0.05, 0.1) is 12.8 Å². The molecular formula is C20H25N3O3S. The van der Waals surface area contributed by atoms with E-state index in [1.54, 1.807) is 13.3 Å². The van der Waals surface area contributed by atoms with Crippen LogP contribution in [0.25, 0.3) is 0 Å². The summed E-state index contributed by atoms with van der Waals surface area (Å²) in [4.78, 5) is 0. The number of nitrogens with one attached hydrogen (secondary N) is 2. The lowest BCUT2D eigenvalue weighted by Crippen LogP contribution is -2.28. The zero-order valence-corrected chi connectivity index (χ0v) is 16.6. The van der Waals surface area contributed by atoms with E-state index in [9.17, 15) is 0 Å². The summed E-state index contributed by atoms with van der Waals surface area (Å²) in [6.07, 6.45) is 1.66. The van der Waals surface area contributed by atoms with Crippen LogP contribution in [-0.4, -0.2) is 38.2 Å². The minimum atomic E-state index is 0.416. The summed E-state index contributed by atoms with van der Waals surface area (Å²) in [6.45, 7) is 5.37. The van der Waals surface area contributed by atoms with Crippen molar-refractivity contribution in [2.24, 2.45) is 5.10 Å². The Balaban J connectivity index is 1.92. The fourth-order valence-corrected chi connectivity index (χ4v) is 2.28. The zero-order valence-electron chi connectivity index (χ0n) is 15.8. The molecule has 0 atom stereocenters. The molecule has 0 bridgehead atoms. The third-order valence-electron chi connectivity index (χ3n) is 3.47. The first-order valence-electron chi connectivity index (χ1n) is 8.72. The molecule has 0 amide bonds. The first-order chi connectivity index (χ1) is 13.1. The van der Waals surface area contributed by atoms with E-state index in [2.05, 4.69) is 15.8 Å². The molecule has 0 saturated heterocycles. The van der Waals surface area contributed by atoms with E-state index < -0.39 is 0 Å². The van der Waals surface area contributed by atoms with Crippen molar-refractivity contribution in [1.29, 1.82) is 0 Å². The van der Waals surface area contributed by atoms with Gasteiger partial charge in [-0.05, 0) is 67.5 Å². The Morgan fingerprint density at radius 1 is 1.07 bits per heavy atom. The Hall–Kier alpha value is -2.80. The molecule has 0 aliphatic rings. The van der Waals surface area contributed by atoms with Gasteiger partial charge in [0.2, 0.25) is 0 Å². The molecule has 6 nitrogen and oxygen atoms in total. The third-order valence-corrected chi connectivity index (χ3v) is 3.77. The third kappa shape index (κ3) is 7.15. The van der Waals surface area contributed by atoms with Crippen molar-refractivity contribution in [3.05, 3.63) is 53.6 Å². The monoisotopic (exact) mass is 387 g/mol. The first-order valence-corrected chi connectivity index (χ1v) is 9.13. The smallest absolute Gasteiger partial charge is 0.186 e. The molecule has 0 aromatic heterocycles. The number of aryl methyl sites for hydroxylation is 1. The highest BCUT2D eigenvalue weighted by Crippen LogP contribution is 2.28. The van der Waals surface area contributed by atoms with Crippen LogP contribution in [0, 0.1) is 6.92 Å². The minimum Gasteiger partial charge on any atom is -0.490 e. The molecule has 0 aliphatic heterocycles. The molecule has 0 heterocycles. The van der Waals surface area contributed by atoms with Crippen molar-refractivity contribution in [2.75, 3.05) is 26.9 Å². The van der Waals surface area contributed by atoms with Crippen LogP contribution in [0.1, 0.15) is 18.1 Å². The molecule has 0 spiro atoms. The molecule has 27 heavy (non-hydrogen) atoms. The molecule has 0 aliphatic carbocycles. The second kappa shape index (κ2) is 11.0. The number of hydrazone groups is 1. The molecule has 2 rings (SSSR count). The van der Waals surface area contributed by atoms with E-state index in [1.807, 2.05) is 56.3 Å². The van der Waals surface area contributed by atoms with Gasteiger partial charge in [-0.25, -0.2) is 0 Å². The number of benzene rings is 2. The number of hydrogen-bond donors (Lipinski definition) is 2. The van der Waals surface area contributed by atoms with Gasteiger partial charge in [0.25, 0.3) is 0 Å². The average molecular weight is 388 g/mol. The Labute approximate surface area is 165 Å². The van der Waals surface area contributed by atoms with Gasteiger partial charge in [-0.2, -0.15) is 5.10 Å². The molecular weight excluding hydrogens is 362 g/mol. The average Bonchev–Trinajstić information content (AvgIpc) is 2.66. The molecule has 0 saturated carbocycles. The van der Waals surface area contributed by atoms with Crippen LogP contribution in [0.2, 0.25) is 0 Å². The number of nitrogens with zero attached hydrogens (tertiary/aromatic N) is 1. The van der Waals surface area contributed by atoms with E-state index in [4.69, 9.17) is 26.4 Å². The number of thiocarbonyl (C=S) groups is 1. The van der Waals surface area contributed by atoms with E-state index in [1.165, 1.54) is 0 Å². The van der Waals surface area contributed by atoms with Crippen LogP contribution < -0.4 is 25.0 Å². The zero-order chi connectivity index (χ0) is 19.5. The van der Waals surface area contributed by atoms with Gasteiger partial charge in [0, 0.05) is 7.05 Å². The highest BCUT2D eigenvalue weighted by Gasteiger charge is 2.06. The lowest BCUT2D eigenvalue weighted by atomic mass is 10.2. The number of hydrogen-bond acceptors (Lipinski definition) is 5. The highest BCUT2D eigenvalue weighted by molar-refractivity contribution is 7.80. The van der Waals surface area contributed by atoms with Gasteiger partial charge < -0.3 is 19.5 Å². The van der Waals surface area contributed by atoms with Gasteiger partial charge >= 0.3 is 0 Å². The van der Waals surface area contributed by atoms with Gasteiger partial charge in [-0.15, -0.1) is 0 Å². The molecule has 144 valence electrons. The van der Waals surface area contributed by atoms with E-state index in [0.29, 0.717) is 36.4 Å². The van der Waals surface area contributed by atoms with Crippen LogP contribution in [0.5, 0.6) is 17.2 Å². The van der Waals surface area contributed by atoms with Crippen LogP contribution in [0.4, 0.5) is 0 Å². The van der Waals surface area contributed by atoms with Crippen LogP contribution in [-0.2, 0) is 0 Å². The summed E-state index contributed by atoms with van der Waals surface area (Å²) in [6, 6.07) is 13.5. The fraction of sp³-hybridized carbons (Fsp3) is 0.300. The molecule has 2 aromatic carbocycles. The van der Waals surface area contributed by atoms with Crippen molar-refractivity contribution in [3.8, 4) is 17.2 Å². The number of ether oxygens (including phenoxy) is 3. The van der Waals surface area contributed by atoms with E-state index >= 15 is 0 Å². The Morgan fingerprint density at radius 2 is 1.89 bits per heavy atom. The summed E-state index contributed by atoms with van der Waals surface area (Å²) in [5, 5.41) is 7.30. The second-order valence-electron chi connectivity index (χ2n) is 5.60. The van der Waals surface area contributed by atoms with Gasteiger partial charge in [0.1, 0.15) is 19.0 Å². The molecule has 7 heteroatoms. The standard InChI is InChI=1S/C20H25N3O3S/c1-4-24-19-13-16(14-22-23-20(27)21-3)8-9-18(19)26-11-10-25-17-7-5-6-15(2)12-17/h5-9,12-14H,4,10-11H2,1-3H3,(H2,21,23,27)/b22-14-. The minimum absolute atomic E-state index is 0.416. The summed E-state index contributed by atoms with van der Waals surface area (Å²) in [5.74, 6) is 2.16. The van der Waals surface area contributed by atoms with Gasteiger partial charge in [-0.1, -0.05) is 12.1 Å². The largest absolute Gasteiger partial charge is 0.490 e. The van der Waals surface area contributed by atoms with Gasteiger partial charge in [-0.3, -0.25) is 5.43 Å². The van der Waals surface area contributed by atoms with Crippen LogP contribution >= 0.6 is 12.2 Å².